The van der Waals surface area contributed by atoms with Gasteiger partial charge in [-0.2, -0.15) is 0 Å². The summed E-state index contributed by atoms with van der Waals surface area (Å²) in [5.74, 6) is -1.08. The van der Waals surface area contributed by atoms with Crippen LogP contribution in [0.3, 0.4) is 0 Å². The summed E-state index contributed by atoms with van der Waals surface area (Å²) in [7, 11) is 1.53. The maximum absolute atomic E-state index is 13.2. The van der Waals surface area contributed by atoms with Crippen LogP contribution in [0.25, 0.3) is 0 Å². The number of hydrogen-bond acceptors (Lipinski definition) is 3. The summed E-state index contributed by atoms with van der Waals surface area (Å²) in [6.07, 6.45) is 0. The van der Waals surface area contributed by atoms with Crippen molar-refractivity contribution in [2.45, 2.75) is 19.4 Å². The van der Waals surface area contributed by atoms with Crippen molar-refractivity contribution < 1.29 is 19.0 Å². The lowest BCUT2D eigenvalue weighted by molar-refractivity contribution is -0.145. The molecule has 0 aromatic heterocycles. The zero-order chi connectivity index (χ0) is 13.1. The predicted molar refractivity (Wildman–Crippen MR) is 61.7 cm³/mol. The van der Waals surface area contributed by atoms with Gasteiger partial charge in [0.15, 0.2) is 0 Å². The summed E-state index contributed by atoms with van der Waals surface area (Å²) in [5, 5.41) is 11.6. The van der Waals surface area contributed by atoms with Gasteiger partial charge in [0.1, 0.15) is 23.7 Å². The second-order valence-electron chi connectivity index (χ2n) is 4.09. The number of halogens is 1. The number of ether oxygens (including phenoxy) is 1. The fraction of sp³-hybridized carbons (Fsp3) is 0.417. The molecule has 0 radical (unpaired) electrons. The normalized spacial score (nSPS) is 14.1. The predicted octanol–water partition coefficient (Wildman–Crippen LogP) is 1.58. The van der Waals surface area contributed by atoms with Gasteiger partial charge in [-0.05, 0) is 32.5 Å². The molecular formula is C12H16FNO3. The number of nitrogens with one attached hydrogen (secondary N) is 1. The zero-order valence-corrected chi connectivity index (χ0v) is 10.1. The van der Waals surface area contributed by atoms with E-state index in [1.807, 2.05) is 0 Å². The van der Waals surface area contributed by atoms with Crippen LogP contribution in [-0.4, -0.2) is 30.3 Å². The molecule has 1 atom stereocenters. The number of carboxylic acid groups (broad SMARTS) is 1. The van der Waals surface area contributed by atoms with Crippen molar-refractivity contribution in [1.29, 1.82) is 0 Å². The molecule has 0 amide bonds. The van der Waals surface area contributed by atoms with Crippen LogP contribution < -0.4 is 10.1 Å². The van der Waals surface area contributed by atoms with Gasteiger partial charge in [-0.15, -0.1) is 0 Å². The number of benzene rings is 1. The molecule has 0 saturated heterocycles. The fourth-order valence-electron chi connectivity index (χ4n) is 1.13. The highest BCUT2D eigenvalue weighted by Gasteiger charge is 2.32. The van der Waals surface area contributed by atoms with Gasteiger partial charge in [-0.1, -0.05) is 6.07 Å². The third-order valence-corrected chi connectivity index (χ3v) is 2.69. The molecule has 17 heavy (non-hydrogen) atoms. The standard InChI is InChI=1S/C12H16FNO3/c1-8-4-5-9(6-10(8)13)17-7-12(2,14-3)11(15)16/h4-6,14H,7H2,1-3H3,(H,15,16). The van der Waals surface area contributed by atoms with Crippen LogP contribution in [0.5, 0.6) is 5.75 Å². The van der Waals surface area contributed by atoms with Gasteiger partial charge in [-0.25, -0.2) is 4.39 Å². The summed E-state index contributed by atoms with van der Waals surface area (Å²) in [5.41, 5.74) is -0.673. The number of carbonyl (C=O) groups is 1. The highest BCUT2D eigenvalue weighted by atomic mass is 19.1. The molecular weight excluding hydrogens is 225 g/mol. The first kappa shape index (κ1) is 13.4. The molecule has 4 nitrogen and oxygen atoms in total. The van der Waals surface area contributed by atoms with Gasteiger partial charge in [-0.3, -0.25) is 4.79 Å². The average Bonchev–Trinajstić information content (AvgIpc) is 2.30. The molecule has 0 saturated carbocycles. The number of aliphatic carboxylic acids is 1. The topological polar surface area (TPSA) is 58.6 Å². The van der Waals surface area contributed by atoms with Crippen molar-refractivity contribution in [1.82, 2.24) is 5.32 Å². The summed E-state index contributed by atoms with van der Waals surface area (Å²) in [6, 6.07) is 4.44. The monoisotopic (exact) mass is 241 g/mol. The SMILES string of the molecule is CNC(C)(COc1ccc(C)c(F)c1)C(=O)O. The van der Waals surface area contributed by atoms with E-state index < -0.39 is 11.5 Å². The zero-order valence-electron chi connectivity index (χ0n) is 10.1. The molecule has 5 heteroatoms. The molecule has 0 bridgehead atoms. The summed E-state index contributed by atoms with van der Waals surface area (Å²) < 4.78 is 18.5. The summed E-state index contributed by atoms with van der Waals surface area (Å²) in [4.78, 5) is 11.0. The van der Waals surface area contributed by atoms with E-state index in [1.165, 1.54) is 20.0 Å². The first-order chi connectivity index (χ1) is 7.89. The van der Waals surface area contributed by atoms with Crippen molar-refractivity contribution in [2.75, 3.05) is 13.7 Å². The van der Waals surface area contributed by atoms with E-state index in [4.69, 9.17) is 9.84 Å². The fourth-order valence-corrected chi connectivity index (χ4v) is 1.13. The highest BCUT2D eigenvalue weighted by molar-refractivity contribution is 5.78. The average molecular weight is 241 g/mol. The van der Waals surface area contributed by atoms with Crippen molar-refractivity contribution in [2.24, 2.45) is 0 Å². The Labute approximate surface area is 99.4 Å². The van der Waals surface area contributed by atoms with Gasteiger partial charge < -0.3 is 15.2 Å². The first-order valence-electron chi connectivity index (χ1n) is 5.20. The molecule has 1 rings (SSSR count). The molecule has 0 fully saturated rings. The minimum atomic E-state index is -1.19. The number of carboxylic acids is 1. The Balaban J connectivity index is 2.73. The van der Waals surface area contributed by atoms with Crippen molar-refractivity contribution in [3.05, 3.63) is 29.6 Å². The molecule has 0 aliphatic carbocycles. The second kappa shape index (κ2) is 5.14. The van der Waals surface area contributed by atoms with Crippen LogP contribution in [0.2, 0.25) is 0 Å². The Kier molecular flexibility index (Phi) is 4.07. The Morgan fingerprint density at radius 1 is 1.59 bits per heavy atom. The molecule has 0 spiro atoms. The van der Waals surface area contributed by atoms with E-state index in [0.29, 0.717) is 11.3 Å². The maximum atomic E-state index is 13.2. The Morgan fingerprint density at radius 2 is 2.24 bits per heavy atom. The van der Waals surface area contributed by atoms with Gasteiger partial charge in [0, 0.05) is 6.07 Å². The van der Waals surface area contributed by atoms with E-state index in [0.717, 1.165) is 0 Å². The van der Waals surface area contributed by atoms with Gasteiger partial charge in [0.25, 0.3) is 0 Å². The van der Waals surface area contributed by atoms with E-state index in [-0.39, 0.29) is 12.4 Å². The van der Waals surface area contributed by atoms with Crippen LogP contribution in [0.15, 0.2) is 18.2 Å². The van der Waals surface area contributed by atoms with Crippen LogP contribution in [-0.2, 0) is 4.79 Å². The lowest BCUT2D eigenvalue weighted by Crippen LogP contribution is -2.52. The van der Waals surface area contributed by atoms with Crippen LogP contribution in [0.1, 0.15) is 12.5 Å². The molecule has 2 N–H and O–H groups in total. The van der Waals surface area contributed by atoms with Crippen molar-refractivity contribution in [3.63, 3.8) is 0 Å². The molecule has 1 unspecified atom stereocenters. The lowest BCUT2D eigenvalue weighted by atomic mass is 10.1. The van der Waals surface area contributed by atoms with Crippen molar-refractivity contribution >= 4 is 5.97 Å². The molecule has 0 heterocycles. The smallest absolute Gasteiger partial charge is 0.327 e. The van der Waals surface area contributed by atoms with Crippen LogP contribution in [0.4, 0.5) is 4.39 Å². The summed E-state index contributed by atoms with van der Waals surface area (Å²) >= 11 is 0. The van der Waals surface area contributed by atoms with Crippen molar-refractivity contribution in [3.8, 4) is 5.75 Å². The lowest BCUT2D eigenvalue weighted by Gasteiger charge is -2.24. The first-order valence-corrected chi connectivity index (χ1v) is 5.20. The highest BCUT2D eigenvalue weighted by Crippen LogP contribution is 2.17. The van der Waals surface area contributed by atoms with E-state index in [1.54, 1.807) is 19.1 Å². The molecule has 1 aromatic rings. The molecule has 1 aromatic carbocycles. The number of rotatable bonds is 5. The van der Waals surface area contributed by atoms with Gasteiger partial charge in [0.05, 0.1) is 0 Å². The van der Waals surface area contributed by atoms with E-state index >= 15 is 0 Å². The molecule has 94 valence electrons. The minimum Gasteiger partial charge on any atom is -0.491 e. The van der Waals surface area contributed by atoms with E-state index in [9.17, 15) is 9.18 Å². The Morgan fingerprint density at radius 3 is 2.71 bits per heavy atom. The minimum absolute atomic E-state index is 0.0820. The van der Waals surface area contributed by atoms with Crippen LogP contribution in [0, 0.1) is 12.7 Å². The molecule has 0 aliphatic rings. The third-order valence-electron chi connectivity index (χ3n) is 2.69. The number of likely N-dealkylation sites (N-methyl/N-ethyl adjacent to an activating group) is 1. The van der Waals surface area contributed by atoms with Gasteiger partial charge >= 0.3 is 5.97 Å². The molecule has 0 aliphatic heterocycles. The Bertz CT molecular complexity index is 422. The number of aryl methyl sites for hydroxylation is 1. The van der Waals surface area contributed by atoms with Gasteiger partial charge in [0.2, 0.25) is 0 Å². The number of hydrogen-bond donors (Lipinski definition) is 2. The van der Waals surface area contributed by atoms with Crippen LogP contribution >= 0.6 is 0 Å². The maximum Gasteiger partial charge on any atom is 0.327 e. The Hall–Kier alpha value is -1.62. The second-order valence-corrected chi connectivity index (χ2v) is 4.09. The van der Waals surface area contributed by atoms with E-state index in [2.05, 4.69) is 5.32 Å². The third kappa shape index (κ3) is 3.17. The largest absolute Gasteiger partial charge is 0.491 e. The quantitative estimate of drug-likeness (QED) is 0.821. The summed E-state index contributed by atoms with van der Waals surface area (Å²) in [6.45, 7) is 3.06.